The Morgan fingerprint density at radius 2 is 2.00 bits per heavy atom. The number of aromatic nitrogens is 1. The van der Waals surface area contributed by atoms with E-state index in [-0.39, 0.29) is 17.9 Å². The highest BCUT2D eigenvalue weighted by atomic mass is 16.5. The lowest BCUT2D eigenvalue weighted by atomic mass is 10.1. The Morgan fingerprint density at radius 1 is 1.17 bits per heavy atom. The van der Waals surface area contributed by atoms with Gasteiger partial charge < -0.3 is 18.5 Å². The molecule has 6 heteroatoms. The number of ether oxygens (including phenoxy) is 2. The molecule has 0 N–H and O–H groups in total. The predicted octanol–water partition coefficient (Wildman–Crippen LogP) is 2.50. The van der Waals surface area contributed by atoms with Crippen LogP contribution in [0, 0.1) is 0 Å². The summed E-state index contributed by atoms with van der Waals surface area (Å²) in [6, 6.07) is 10.3. The summed E-state index contributed by atoms with van der Waals surface area (Å²) < 4.78 is 17.2. The molecular formula is C17H15NO5. The van der Waals surface area contributed by atoms with Crippen molar-refractivity contribution in [1.29, 1.82) is 0 Å². The number of furan rings is 1. The number of fused-ring (bicyclic) bond motifs is 1. The van der Waals surface area contributed by atoms with Crippen LogP contribution in [0.4, 0.5) is 0 Å². The zero-order valence-electron chi connectivity index (χ0n) is 12.7. The third-order valence-corrected chi connectivity index (χ3v) is 3.50. The average Bonchev–Trinajstić information content (AvgIpc) is 3.04. The quantitative estimate of drug-likeness (QED) is 0.692. The number of benzene rings is 1. The van der Waals surface area contributed by atoms with Crippen LogP contribution in [0.2, 0.25) is 0 Å². The molecule has 3 aromatic rings. The van der Waals surface area contributed by atoms with Gasteiger partial charge in [-0.05, 0) is 30.3 Å². The molecule has 0 bridgehead atoms. The summed E-state index contributed by atoms with van der Waals surface area (Å²) in [6.07, 6.45) is 1.69. The molecule has 0 radical (unpaired) electrons. The van der Waals surface area contributed by atoms with Gasteiger partial charge in [0.25, 0.3) is 5.56 Å². The second-order valence-corrected chi connectivity index (χ2v) is 5.00. The lowest BCUT2D eigenvalue weighted by Gasteiger charge is -2.08. The Bertz CT molecular complexity index is 922. The Hall–Kier alpha value is -3.02. The lowest BCUT2D eigenvalue weighted by molar-refractivity contribution is 0.0561. The molecule has 0 unspecified atom stereocenters. The van der Waals surface area contributed by atoms with E-state index < -0.39 is 5.97 Å². The Kier molecular flexibility index (Phi) is 3.89. The SMILES string of the molecule is COC(=O)c1ccc(COc2cccc3c(=O)n(C)ccc23)o1. The number of pyridine rings is 1. The molecule has 2 heterocycles. The zero-order valence-corrected chi connectivity index (χ0v) is 12.7. The third-order valence-electron chi connectivity index (χ3n) is 3.50. The average molecular weight is 313 g/mol. The highest BCUT2D eigenvalue weighted by molar-refractivity contribution is 5.87. The monoisotopic (exact) mass is 313 g/mol. The number of carbonyl (C=O) groups excluding carboxylic acids is 1. The maximum atomic E-state index is 12.1. The van der Waals surface area contributed by atoms with Gasteiger partial charge in [-0.2, -0.15) is 0 Å². The van der Waals surface area contributed by atoms with Gasteiger partial charge in [-0.1, -0.05) is 6.07 Å². The number of aryl methyl sites for hydroxylation is 1. The molecule has 0 aliphatic carbocycles. The summed E-state index contributed by atoms with van der Waals surface area (Å²) in [6.45, 7) is 0.144. The van der Waals surface area contributed by atoms with Gasteiger partial charge in [0.15, 0.2) is 0 Å². The molecule has 3 rings (SSSR count). The van der Waals surface area contributed by atoms with Crippen molar-refractivity contribution in [2.75, 3.05) is 7.11 Å². The third kappa shape index (κ3) is 2.83. The normalized spacial score (nSPS) is 10.7. The lowest BCUT2D eigenvalue weighted by Crippen LogP contribution is -2.15. The van der Waals surface area contributed by atoms with E-state index in [4.69, 9.17) is 9.15 Å². The van der Waals surface area contributed by atoms with Gasteiger partial charge in [-0.25, -0.2) is 4.79 Å². The van der Waals surface area contributed by atoms with Crippen LogP contribution in [0.25, 0.3) is 10.8 Å². The van der Waals surface area contributed by atoms with Crippen molar-refractivity contribution >= 4 is 16.7 Å². The fourth-order valence-corrected chi connectivity index (χ4v) is 2.29. The van der Waals surface area contributed by atoms with Crippen molar-refractivity contribution in [2.45, 2.75) is 6.61 Å². The summed E-state index contributed by atoms with van der Waals surface area (Å²) >= 11 is 0. The van der Waals surface area contributed by atoms with Crippen LogP contribution in [0.15, 0.2) is 51.8 Å². The van der Waals surface area contributed by atoms with Gasteiger partial charge in [-0.15, -0.1) is 0 Å². The molecule has 0 saturated heterocycles. The van der Waals surface area contributed by atoms with Crippen LogP contribution in [-0.2, 0) is 18.4 Å². The zero-order chi connectivity index (χ0) is 16.4. The summed E-state index contributed by atoms with van der Waals surface area (Å²) in [5.41, 5.74) is -0.0843. The van der Waals surface area contributed by atoms with E-state index in [9.17, 15) is 9.59 Å². The minimum absolute atomic E-state index is 0.0843. The fraction of sp³-hybridized carbons (Fsp3) is 0.176. The van der Waals surface area contributed by atoms with Crippen molar-refractivity contribution in [3.05, 3.63) is 64.5 Å². The molecule has 118 valence electrons. The van der Waals surface area contributed by atoms with E-state index in [0.29, 0.717) is 16.9 Å². The number of rotatable bonds is 4. The van der Waals surface area contributed by atoms with Crippen LogP contribution < -0.4 is 10.3 Å². The smallest absolute Gasteiger partial charge is 0.373 e. The molecular weight excluding hydrogens is 298 g/mol. The van der Waals surface area contributed by atoms with E-state index in [0.717, 1.165) is 5.39 Å². The molecule has 0 aliphatic rings. The molecule has 0 saturated carbocycles. The molecule has 2 aromatic heterocycles. The minimum atomic E-state index is -0.537. The van der Waals surface area contributed by atoms with Crippen LogP contribution in [0.3, 0.4) is 0 Å². The first kappa shape index (κ1) is 14.9. The fourth-order valence-electron chi connectivity index (χ4n) is 2.29. The van der Waals surface area contributed by atoms with E-state index >= 15 is 0 Å². The molecule has 0 fully saturated rings. The Labute approximate surface area is 131 Å². The van der Waals surface area contributed by atoms with Gasteiger partial charge >= 0.3 is 5.97 Å². The van der Waals surface area contributed by atoms with E-state index in [1.165, 1.54) is 17.7 Å². The largest absolute Gasteiger partial charge is 0.485 e. The van der Waals surface area contributed by atoms with Crippen molar-refractivity contribution in [3.8, 4) is 5.75 Å². The molecule has 23 heavy (non-hydrogen) atoms. The maximum Gasteiger partial charge on any atom is 0.373 e. The standard InChI is InChI=1S/C17H15NO5/c1-18-9-8-12-13(16(18)19)4-3-5-14(12)22-10-11-6-7-15(23-11)17(20)21-2/h3-9H,10H2,1-2H3. The summed E-state index contributed by atoms with van der Waals surface area (Å²) in [7, 11) is 2.99. The van der Waals surface area contributed by atoms with Gasteiger partial charge in [0.1, 0.15) is 18.1 Å². The van der Waals surface area contributed by atoms with Gasteiger partial charge in [0.2, 0.25) is 5.76 Å². The summed E-state index contributed by atoms with van der Waals surface area (Å²) in [5.74, 6) is 0.658. The summed E-state index contributed by atoms with van der Waals surface area (Å²) in [4.78, 5) is 23.5. The molecule has 0 amide bonds. The van der Waals surface area contributed by atoms with Gasteiger partial charge in [0, 0.05) is 18.6 Å². The first-order valence-electron chi connectivity index (χ1n) is 6.98. The Balaban J connectivity index is 1.85. The summed E-state index contributed by atoms with van der Waals surface area (Å²) in [5, 5.41) is 1.32. The number of esters is 1. The van der Waals surface area contributed by atoms with E-state index in [1.807, 2.05) is 6.07 Å². The number of carbonyl (C=O) groups is 1. The highest BCUT2D eigenvalue weighted by Gasteiger charge is 2.12. The Morgan fingerprint density at radius 3 is 2.78 bits per heavy atom. The first-order chi connectivity index (χ1) is 11.1. The van der Waals surface area contributed by atoms with Crippen molar-refractivity contribution < 1.29 is 18.7 Å². The number of hydrogen-bond donors (Lipinski definition) is 0. The number of nitrogens with zero attached hydrogens (tertiary/aromatic N) is 1. The van der Waals surface area contributed by atoms with Crippen molar-refractivity contribution in [2.24, 2.45) is 7.05 Å². The molecule has 0 aliphatic heterocycles. The molecule has 6 nitrogen and oxygen atoms in total. The number of hydrogen-bond acceptors (Lipinski definition) is 5. The van der Waals surface area contributed by atoms with E-state index in [2.05, 4.69) is 4.74 Å². The van der Waals surface area contributed by atoms with Gasteiger partial charge in [-0.3, -0.25) is 4.79 Å². The maximum absolute atomic E-state index is 12.1. The molecule has 0 spiro atoms. The second kappa shape index (κ2) is 6.00. The van der Waals surface area contributed by atoms with E-state index in [1.54, 1.807) is 37.5 Å². The molecule has 1 aromatic carbocycles. The van der Waals surface area contributed by atoms with Crippen molar-refractivity contribution in [1.82, 2.24) is 4.57 Å². The second-order valence-electron chi connectivity index (χ2n) is 5.00. The minimum Gasteiger partial charge on any atom is -0.485 e. The van der Waals surface area contributed by atoms with Crippen molar-refractivity contribution in [3.63, 3.8) is 0 Å². The van der Waals surface area contributed by atoms with Crippen LogP contribution in [-0.4, -0.2) is 17.6 Å². The topological polar surface area (TPSA) is 70.7 Å². The number of methoxy groups -OCH3 is 1. The first-order valence-corrected chi connectivity index (χ1v) is 6.98. The van der Waals surface area contributed by atoms with Gasteiger partial charge in [0.05, 0.1) is 12.5 Å². The van der Waals surface area contributed by atoms with Crippen LogP contribution >= 0.6 is 0 Å². The predicted molar refractivity (Wildman–Crippen MR) is 83.6 cm³/mol. The van der Waals surface area contributed by atoms with Crippen LogP contribution in [0.5, 0.6) is 5.75 Å². The molecule has 0 atom stereocenters. The highest BCUT2D eigenvalue weighted by Crippen LogP contribution is 2.24. The van der Waals surface area contributed by atoms with Crippen LogP contribution in [0.1, 0.15) is 16.3 Å².